The molecular formula is C17H21N. The number of benzene rings is 2. The third-order valence-electron chi connectivity index (χ3n) is 3.44. The Hall–Kier alpha value is -1.60. The molecule has 2 N–H and O–H groups in total. The van der Waals surface area contributed by atoms with Crippen LogP contribution in [0.1, 0.15) is 23.1 Å². The van der Waals surface area contributed by atoms with E-state index in [1.54, 1.807) is 0 Å². The van der Waals surface area contributed by atoms with E-state index in [-0.39, 0.29) is 0 Å². The molecule has 2 aromatic rings. The van der Waals surface area contributed by atoms with Crippen molar-refractivity contribution in [1.29, 1.82) is 0 Å². The van der Waals surface area contributed by atoms with Gasteiger partial charge in [-0.3, -0.25) is 0 Å². The zero-order valence-corrected chi connectivity index (χ0v) is 11.2. The van der Waals surface area contributed by atoms with Gasteiger partial charge in [-0.1, -0.05) is 42.5 Å². The van der Waals surface area contributed by atoms with Crippen molar-refractivity contribution in [1.82, 2.24) is 0 Å². The number of nitrogens with two attached hydrogens (primary N) is 1. The third kappa shape index (κ3) is 2.99. The zero-order chi connectivity index (χ0) is 13.0. The first-order valence-corrected chi connectivity index (χ1v) is 6.57. The van der Waals surface area contributed by atoms with Gasteiger partial charge in [0, 0.05) is 0 Å². The fourth-order valence-corrected chi connectivity index (χ4v) is 2.13. The van der Waals surface area contributed by atoms with Gasteiger partial charge in [-0.25, -0.2) is 0 Å². The first-order valence-electron chi connectivity index (χ1n) is 6.57. The van der Waals surface area contributed by atoms with Crippen LogP contribution in [0.3, 0.4) is 0 Å². The molecule has 0 aromatic heterocycles. The summed E-state index contributed by atoms with van der Waals surface area (Å²) in [6.07, 6.45) is 2.12. The second kappa shape index (κ2) is 5.83. The van der Waals surface area contributed by atoms with Crippen LogP contribution in [0.15, 0.2) is 42.5 Å². The van der Waals surface area contributed by atoms with Crippen LogP contribution < -0.4 is 5.73 Å². The number of hydrogen-bond donors (Lipinski definition) is 1. The summed E-state index contributed by atoms with van der Waals surface area (Å²) in [7, 11) is 0. The molecule has 0 heterocycles. The van der Waals surface area contributed by atoms with Gasteiger partial charge < -0.3 is 5.73 Å². The van der Waals surface area contributed by atoms with Crippen molar-refractivity contribution in [3.63, 3.8) is 0 Å². The van der Waals surface area contributed by atoms with Crippen LogP contribution in [0.4, 0.5) is 0 Å². The van der Waals surface area contributed by atoms with E-state index in [1.807, 2.05) is 0 Å². The Morgan fingerprint density at radius 2 is 1.67 bits per heavy atom. The number of hydrogen-bond acceptors (Lipinski definition) is 1. The van der Waals surface area contributed by atoms with E-state index in [4.69, 9.17) is 5.73 Å². The summed E-state index contributed by atoms with van der Waals surface area (Å²) in [5, 5.41) is 0. The lowest BCUT2D eigenvalue weighted by Crippen LogP contribution is -2.00. The lowest BCUT2D eigenvalue weighted by Gasteiger charge is -2.07. The Kier molecular flexibility index (Phi) is 4.16. The lowest BCUT2D eigenvalue weighted by molar-refractivity contribution is 0.833. The maximum absolute atomic E-state index is 5.56. The van der Waals surface area contributed by atoms with Crippen molar-refractivity contribution in [2.24, 2.45) is 5.73 Å². The second-order valence-electron chi connectivity index (χ2n) is 4.89. The maximum Gasteiger partial charge on any atom is -0.00741 e. The predicted octanol–water partition coefficient (Wildman–Crippen LogP) is 3.86. The van der Waals surface area contributed by atoms with Crippen LogP contribution in [-0.4, -0.2) is 6.54 Å². The minimum atomic E-state index is 0.758. The average molecular weight is 239 g/mol. The molecule has 0 aliphatic heterocycles. The van der Waals surface area contributed by atoms with Gasteiger partial charge in [0.2, 0.25) is 0 Å². The average Bonchev–Trinajstić information content (AvgIpc) is 2.40. The van der Waals surface area contributed by atoms with Crippen LogP contribution in [0.25, 0.3) is 11.1 Å². The van der Waals surface area contributed by atoms with Gasteiger partial charge >= 0.3 is 0 Å². The van der Waals surface area contributed by atoms with Crippen molar-refractivity contribution < 1.29 is 0 Å². The quantitative estimate of drug-likeness (QED) is 0.861. The second-order valence-corrected chi connectivity index (χ2v) is 4.89. The van der Waals surface area contributed by atoms with Gasteiger partial charge in [0.15, 0.2) is 0 Å². The van der Waals surface area contributed by atoms with Crippen LogP contribution in [0.2, 0.25) is 0 Å². The molecule has 2 rings (SSSR count). The van der Waals surface area contributed by atoms with Gasteiger partial charge in [-0.2, -0.15) is 0 Å². The predicted molar refractivity (Wildman–Crippen MR) is 78.7 cm³/mol. The van der Waals surface area contributed by atoms with Crippen molar-refractivity contribution in [3.8, 4) is 11.1 Å². The minimum absolute atomic E-state index is 0.758. The molecule has 0 fully saturated rings. The Balaban J connectivity index is 2.29. The van der Waals surface area contributed by atoms with Crippen LogP contribution in [0.5, 0.6) is 0 Å². The SMILES string of the molecule is Cc1ccc(-c2cccc(CCCN)c2)cc1C. The van der Waals surface area contributed by atoms with E-state index in [2.05, 4.69) is 56.3 Å². The van der Waals surface area contributed by atoms with E-state index in [0.717, 1.165) is 19.4 Å². The van der Waals surface area contributed by atoms with E-state index < -0.39 is 0 Å². The Morgan fingerprint density at radius 3 is 2.39 bits per heavy atom. The Morgan fingerprint density at radius 1 is 0.889 bits per heavy atom. The van der Waals surface area contributed by atoms with Crippen molar-refractivity contribution in [2.45, 2.75) is 26.7 Å². The Bertz CT molecular complexity index is 529. The fourth-order valence-electron chi connectivity index (χ4n) is 2.13. The molecule has 0 saturated heterocycles. The molecule has 0 unspecified atom stereocenters. The highest BCUT2D eigenvalue weighted by Crippen LogP contribution is 2.23. The highest BCUT2D eigenvalue weighted by molar-refractivity contribution is 5.65. The standard InChI is InChI=1S/C17H21N/c1-13-8-9-17(11-14(13)2)16-7-3-5-15(12-16)6-4-10-18/h3,5,7-9,11-12H,4,6,10,18H2,1-2H3. The number of aryl methyl sites for hydroxylation is 3. The summed E-state index contributed by atoms with van der Waals surface area (Å²) >= 11 is 0. The van der Waals surface area contributed by atoms with Crippen molar-refractivity contribution in [3.05, 3.63) is 59.2 Å². The maximum atomic E-state index is 5.56. The van der Waals surface area contributed by atoms with Gasteiger partial charge in [-0.05, 0) is 61.1 Å². The molecular weight excluding hydrogens is 218 g/mol. The molecule has 0 aliphatic carbocycles. The molecule has 2 aromatic carbocycles. The molecule has 0 spiro atoms. The molecule has 94 valence electrons. The molecule has 0 amide bonds. The van der Waals surface area contributed by atoms with Gasteiger partial charge in [0.05, 0.1) is 0 Å². The van der Waals surface area contributed by atoms with Crippen LogP contribution in [0, 0.1) is 13.8 Å². The highest BCUT2D eigenvalue weighted by atomic mass is 14.5. The van der Waals surface area contributed by atoms with Crippen LogP contribution >= 0.6 is 0 Å². The van der Waals surface area contributed by atoms with Gasteiger partial charge in [-0.15, -0.1) is 0 Å². The van der Waals surface area contributed by atoms with E-state index in [0.29, 0.717) is 0 Å². The number of rotatable bonds is 4. The molecule has 1 nitrogen and oxygen atoms in total. The molecule has 18 heavy (non-hydrogen) atoms. The molecule has 0 radical (unpaired) electrons. The normalized spacial score (nSPS) is 10.6. The van der Waals surface area contributed by atoms with Crippen molar-refractivity contribution >= 4 is 0 Å². The molecule has 0 atom stereocenters. The summed E-state index contributed by atoms with van der Waals surface area (Å²) in [6.45, 7) is 5.07. The van der Waals surface area contributed by atoms with E-state index in [1.165, 1.54) is 27.8 Å². The Labute approximate surface area is 110 Å². The zero-order valence-electron chi connectivity index (χ0n) is 11.2. The molecule has 0 saturated carbocycles. The third-order valence-corrected chi connectivity index (χ3v) is 3.44. The smallest absolute Gasteiger partial charge is 0.00741 e. The molecule has 0 bridgehead atoms. The summed E-state index contributed by atoms with van der Waals surface area (Å²) < 4.78 is 0. The van der Waals surface area contributed by atoms with E-state index in [9.17, 15) is 0 Å². The largest absolute Gasteiger partial charge is 0.330 e. The highest BCUT2D eigenvalue weighted by Gasteiger charge is 2.01. The van der Waals surface area contributed by atoms with Gasteiger partial charge in [0.25, 0.3) is 0 Å². The molecule has 0 aliphatic rings. The van der Waals surface area contributed by atoms with Crippen molar-refractivity contribution in [2.75, 3.05) is 6.54 Å². The topological polar surface area (TPSA) is 26.0 Å². The van der Waals surface area contributed by atoms with E-state index >= 15 is 0 Å². The first kappa shape index (κ1) is 12.8. The minimum Gasteiger partial charge on any atom is -0.330 e. The summed E-state index contributed by atoms with van der Waals surface area (Å²) in [4.78, 5) is 0. The fraction of sp³-hybridized carbons (Fsp3) is 0.294. The summed E-state index contributed by atoms with van der Waals surface area (Å²) in [6, 6.07) is 15.4. The summed E-state index contributed by atoms with van der Waals surface area (Å²) in [5.74, 6) is 0. The monoisotopic (exact) mass is 239 g/mol. The van der Waals surface area contributed by atoms with Gasteiger partial charge in [0.1, 0.15) is 0 Å². The van der Waals surface area contributed by atoms with Crippen LogP contribution in [-0.2, 0) is 6.42 Å². The molecule has 1 heteroatoms. The lowest BCUT2D eigenvalue weighted by atomic mass is 9.98. The summed E-state index contributed by atoms with van der Waals surface area (Å²) in [5.41, 5.74) is 12.2. The first-order chi connectivity index (χ1) is 8.70.